The summed E-state index contributed by atoms with van der Waals surface area (Å²) in [5.41, 5.74) is 0.964. The number of halogens is 1. The number of carbonyl (C=O) groups excluding carboxylic acids is 1. The summed E-state index contributed by atoms with van der Waals surface area (Å²) in [6.45, 7) is 0. The largest absolute Gasteiger partial charge is 0.452 e. The lowest BCUT2D eigenvalue weighted by atomic mass is 10.1. The highest BCUT2D eigenvalue weighted by atomic mass is 35.5. The van der Waals surface area contributed by atoms with Crippen molar-refractivity contribution in [3.63, 3.8) is 0 Å². The quantitative estimate of drug-likeness (QED) is 0.458. The zero-order valence-electron chi connectivity index (χ0n) is 14.3. The van der Waals surface area contributed by atoms with Crippen molar-refractivity contribution < 1.29 is 22.1 Å². The van der Waals surface area contributed by atoms with Gasteiger partial charge in [-0.05, 0) is 42.0 Å². The Bertz CT molecular complexity index is 1200. The zero-order valence-corrected chi connectivity index (χ0v) is 15.9. The number of rotatable bonds is 4. The Hall–Kier alpha value is -3.09. The molecule has 0 fully saturated rings. The first-order valence-electron chi connectivity index (χ1n) is 8.26. The van der Waals surface area contributed by atoms with Crippen molar-refractivity contribution in [2.45, 2.75) is 4.90 Å². The molecule has 28 heavy (non-hydrogen) atoms. The van der Waals surface area contributed by atoms with Crippen LogP contribution in [0.4, 0.5) is 0 Å². The van der Waals surface area contributed by atoms with Gasteiger partial charge in [-0.15, -0.1) is 0 Å². The topological polar surface area (TPSA) is 69.7 Å². The van der Waals surface area contributed by atoms with Crippen LogP contribution < -0.4 is 8.92 Å². The normalized spacial score (nSPS) is 14.6. The van der Waals surface area contributed by atoms with Gasteiger partial charge >= 0.3 is 10.1 Å². The van der Waals surface area contributed by atoms with E-state index in [9.17, 15) is 13.2 Å². The second-order valence-corrected chi connectivity index (χ2v) is 7.92. The van der Waals surface area contributed by atoms with Crippen LogP contribution >= 0.6 is 11.6 Å². The molecule has 0 aliphatic carbocycles. The molecule has 0 bridgehead atoms. The van der Waals surface area contributed by atoms with Gasteiger partial charge in [0.1, 0.15) is 16.4 Å². The van der Waals surface area contributed by atoms with Crippen molar-refractivity contribution in [1.29, 1.82) is 0 Å². The molecule has 1 aliphatic rings. The van der Waals surface area contributed by atoms with Crippen LogP contribution in [0, 0.1) is 0 Å². The third-order valence-electron chi connectivity index (χ3n) is 4.07. The summed E-state index contributed by atoms with van der Waals surface area (Å²) in [7, 11) is -3.98. The monoisotopic (exact) mass is 412 g/mol. The predicted molar refractivity (Wildman–Crippen MR) is 105 cm³/mol. The standard InChI is InChI=1S/C21H13ClO5S/c22-18-9-5-4-6-14(18)12-20-21(23)17-11-10-15(13-19(17)26-20)27-28(24,25)16-7-2-1-3-8-16/h1-13H/b20-12-. The van der Waals surface area contributed by atoms with E-state index in [0.29, 0.717) is 16.1 Å². The van der Waals surface area contributed by atoms with Crippen LogP contribution in [0.1, 0.15) is 15.9 Å². The van der Waals surface area contributed by atoms with Gasteiger partial charge in [0.15, 0.2) is 5.76 Å². The number of fused-ring (bicyclic) bond motifs is 1. The van der Waals surface area contributed by atoms with Gasteiger partial charge in [-0.25, -0.2) is 0 Å². The molecule has 1 aliphatic heterocycles. The lowest BCUT2D eigenvalue weighted by molar-refractivity contribution is 0.101. The van der Waals surface area contributed by atoms with Crippen molar-refractivity contribution in [2.75, 3.05) is 0 Å². The van der Waals surface area contributed by atoms with E-state index in [1.54, 1.807) is 48.5 Å². The molecule has 3 aromatic rings. The van der Waals surface area contributed by atoms with E-state index in [1.807, 2.05) is 0 Å². The summed E-state index contributed by atoms with van der Waals surface area (Å²) in [6.07, 6.45) is 1.55. The fourth-order valence-corrected chi connectivity index (χ4v) is 3.85. The van der Waals surface area contributed by atoms with Crippen LogP contribution in [0.15, 0.2) is 83.5 Å². The van der Waals surface area contributed by atoms with Gasteiger partial charge in [0, 0.05) is 11.1 Å². The van der Waals surface area contributed by atoms with Gasteiger partial charge in [-0.3, -0.25) is 4.79 Å². The van der Waals surface area contributed by atoms with E-state index < -0.39 is 10.1 Å². The Morgan fingerprint density at radius 3 is 2.39 bits per heavy atom. The fraction of sp³-hybridized carbons (Fsp3) is 0. The molecule has 1 heterocycles. The summed E-state index contributed by atoms with van der Waals surface area (Å²) >= 11 is 6.12. The van der Waals surface area contributed by atoms with Crippen LogP contribution in [0.25, 0.3) is 6.08 Å². The highest BCUT2D eigenvalue weighted by molar-refractivity contribution is 7.87. The predicted octanol–water partition coefficient (Wildman–Crippen LogP) is 4.72. The maximum Gasteiger partial charge on any atom is 0.339 e. The van der Waals surface area contributed by atoms with Gasteiger partial charge in [0.05, 0.1) is 5.56 Å². The summed E-state index contributed by atoms with van der Waals surface area (Å²) in [6, 6.07) is 19.1. The van der Waals surface area contributed by atoms with E-state index >= 15 is 0 Å². The molecule has 0 unspecified atom stereocenters. The Morgan fingerprint density at radius 2 is 1.64 bits per heavy atom. The molecular formula is C21H13ClO5S. The number of ether oxygens (including phenoxy) is 1. The number of benzene rings is 3. The zero-order chi connectivity index (χ0) is 19.7. The molecule has 0 saturated heterocycles. The number of carbonyl (C=O) groups is 1. The maximum absolute atomic E-state index is 12.5. The first kappa shape index (κ1) is 18.3. The molecule has 0 aromatic heterocycles. The minimum Gasteiger partial charge on any atom is -0.452 e. The van der Waals surface area contributed by atoms with E-state index in [4.69, 9.17) is 20.5 Å². The minimum atomic E-state index is -3.98. The molecule has 140 valence electrons. The molecule has 0 spiro atoms. The van der Waals surface area contributed by atoms with Crippen LogP contribution in [0.3, 0.4) is 0 Å². The molecular weight excluding hydrogens is 400 g/mol. The lowest BCUT2D eigenvalue weighted by Gasteiger charge is -2.07. The highest BCUT2D eigenvalue weighted by Gasteiger charge is 2.28. The van der Waals surface area contributed by atoms with E-state index in [2.05, 4.69) is 0 Å². The molecule has 0 N–H and O–H groups in total. The van der Waals surface area contributed by atoms with Crippen LogP contribution in [-0.2, 0) is 10.1 Å². The van der Waals surface area contributed by atoms with Crippen molar-refractivity contribution >= 4 is 33.6 Å². The average molecular weight is 413 g/mol. The van der Waals surface area contributed by atoms with Gasteiger partial charge in [-0.1, -0.05) is 48.0 Å². The van der Waals surface area contributed by atoms with Gasteiger partial charge in [-0.2, -0.15) is 8.42 Å². The Morgan fingerprint density at radius 1 is 0.929 bits per heavy atom. The Labute approximate surface area is 166 Å². The van der Waals surface area contributed by atoms with E-state index in [1.165, 1.54) is 30.3 Å². The molecule has 5 nitrogen and oxygen atoms in total. The second-order valence-electron chi connectivity index (χ2n) is 5.97. The number of ketones is 1. The number of hydrogen-bond donors (Lipinski definition) is 0. The van der Waals surface area contributed by atoms with Crippen molar-refractivity contribution in [1.82, 2.24) is 0 Å². The Balaban J connectivity index is 1.62. The Kier molecular flexibility index (Phi) is 4.66. The summed E-state index contributed by atoms with van der Waals surface area (Å²) < 4.78 is 35.5. The van der Waals surface area contributed by atoms with Crippen molar-refractivity contribution in [2.24, 2.45) is 0 Å². The maximum atomic E-state index is 12.5. The lowest BCUT2D eigenvalue weighted by Crippen LogP contribution is -2.09. The van der Waals surface area contributed by atoms with Gasteiger partial charge < -0.3 is 8.92 Å². The molecule has 0 amide bonds. The van der Waals surface area contributed by atoms with Crippen LogP contribution in [-0.4, -0.2) is 14.2 Å². The number of hydrogen-bond acceptors (Lipinski definition) is 5. The van der Waals surface area contributed by atoms with Crippen molar-refractivity contribution in [3.05, 3.63) is 94.7 Å². The second kappa shape index (κ2) is 7.14. The summed E-state index contributed by atoms with van der Waals surface area (Å²) in [5.74, 6) is 0.0667. The SMILES string of the molecule is O=C1/C(=C/c2ccccc2Cl)Oc2cc(OS(=O)(=O)c3ccccc3)ccc21. The highest BCUT2D eigenvalue weighted by Crippen LogP contribution is 2.36. The van der Waals surface area contributed by atoms with Crippen LogP contribution in [0.5, 0.6) is 11.5 Å². The first-order chi connectivity index (χ1) is 13.4. The smallest absolute Gasteiger partial charge is 0.339 e. The van der Waals surface area contributed by atoms with E-state index in [-0.39, 0.29) is 27.9 Å². The van der Waals surface area contributed by atoms with Crippen molar-refractivity contribution in [3.8, 4) is 11.5 Å². The molecule has 0 radical (unpaired) electrons. The van der Waals surface area contributed by atoms with Gasteiger partial charge in [0.2, 0.25) is 5.78 Å². The summed E-state index contributed by atoms with van der Waals surface area (Å²) in [5, 5.41) is 0.486. The third-order valence-corrected chi connectivity index (χ3v) is 5.68. The molecule has 0 atom stereocenters. The molecule has 7 heteroatoms. The van der Waals surface area contributed by atoms with E-state index in [0.717, 1.165) is 0 Å². The third kappa shape index (κ3) is 3.52. The van der Waals surface area contributed by atoms with Gasteiger partial charge in [0.25, 0.3) is 0 Å². The van der Waals surface area contributed by atoms with Crippen LogP contribution in [0.2, 0.25) is 5.02 Å². The average Bonchev–Trinajstić information content (AvgIpc) is 2.99. The summed E-state index contributed by atoms with van der Waals surface area (Å²) in [4.78, 5) is 12.6. The number of allylic oxidation sites excluding steroid dienone is 1. The molecule has 0 saturated carbocycles. The molecule has 4 rings (SSSR count). The molecule has 3 aromatic carbocycles. The fourth-order valence-electron chi connectivity index (χ4n) is 2.71. The minimum absolute atomic E-state index is 0.0341. The first-order valence-corrected chi connectivity index (χ1v) is 10.0. The number of Topliss-reactive ketones (excluding diaryl/α,β-unsaturated/α-hetero) is 1.